The summed E-state index contributed by atoms with van der Waals surface area (Å²) in [5.41, 5.74) is 5.06. The van der Waals surface area contributed by atoms with E-state index >= 15 is 0 Å². The van der Waals surface area contributed by atoms with E-state index < -0.39 is 17.6 Å². The number of anilines is 2. The minimum Gasteiger partial charge on any atom is -0.444 e. The molecule has 3 rings (SSSR count). The van der Waals surface area contributed by atoms with Crippen LogP contribution in [0, 0.1) is 0 Å². The van der Waals surface area contributed by atoms with Crippen molar-refractivity contribution in [1.82, 2.24) is 15.3 Å². The number of nitrogens with two attached hydrogens (primary N) is 1. The standard InChI is InChI=1S/C21H34N6O4/c1-21(2,3)31-20(29)26-15-7-5-4-6-14(15)25-16-12-23-17(18(22)28)19(27-16)24-13-8-10-30-11-9-13/h12-15H,4-11H2,1-3H3,(H2,22,28)(H,26,29)(H2,24,25,27)/t14-,15+/m1/s1. The SMILES string of the molecule is CC(C)(C)OC(=O)N[C@H]1CCCC[C@H]1Nc1cnc(C(N)=O)c(NC2CCOCC2)n1. The molecule has 2 amide bonds. The number of nitrogens with zero attached hydrogens (tertiary/aromatic N) is 2. The summed E-state index contributed by atoms with van der Waals surface area (Å²) in [5.74, 6) is 0.273. The highest BCUT2D eigenvalue weighted by Gasteiger charge is 2.29. The van der Waals surface area contributed by atoms with Gasteiger partial charge in [-0.25, -0.2) is 14.8 Å². The zero-order chi connectivity index (χ0) is 22.4. The maximum absolute atomic E-state index is 12.3. The molecule has 1 aliphatic heterocycles. The normalized spacial score (nSPS) is 22.4. The molecule has 2 fully saturated rings. The lowest BCUT2D eigenvalue weighted by Gasteiger charge is -2.33. The van der Waals surface area contributed by atoms with E-state index in [2.05, 4.69) is 25.9 Å². The van der Waals surface area contributed by atoms with Gasteiger partial charge in [0.1, 0.15) is 11.4 Å². The molecule has 0 unspecified atom stereocenters. The van der Waals surface area contributed by atoms with Crippen molar-refractivity contribution in [2.45, 2.75) is 83.0 Å². The van der Waals surface area contributed by atoms with Crippen molar-refractivity contribution in [3.8, 4) is 0 Å². The lowest BCUT2D eigenvalue weighted by molar-refractivity contribution is 0.0488. The molecule has 10 heteroatoms. The van der Waals surface area contributed by atoms with E-state index in [0.29, 0.717) is 24.8 Å². The van der Waals surface area contributed by atoms with Gasteiger partial charge in [0.2, 0.25) is 0 Å². The van der Waals surface area contributed by atoms with Gasteiger partial charge in [0.25, 0.3) is 5.91 Å². The fourth-order valence-electron chi connectivity index (χ4n) is 3.90. The third-order valence-electron chi connectivity index (χ3n) is 5.37. The Kier molecular flexibility index (Phi) is 7.53. The molecule has 2 aliphatic rings. The Labute approximate surface area is 183 Å². The number of aromatic nitrogens is 2. The van der Waals surface area contributed by atoms with Crippen LogP contribution in [0.4, 0.5) is 16.4 Å². The molecule has 1 saturated carbocycles. The molecule has 172 valence electrons. The first kappa shape index (κ1) is 23.1. The maximum atomic E-state index is 12.3. The van der Waals surface area contributed by atoms with Gasteiger partial charge in [0, 0.05) is 25.3 Å². The summed E-state index contributed by atoms with van der Waals surface area (Å²) < 4.78 is 10.8. The summed E-state index contributed by atoms with van der Waals surface area (Å²) in [7, 11) is 0. The highest BCUT2D eigenvalue weighted by atomic mass is 16.6. The first-order valence-corrected chi connectivity index (χ1v) is 11.0. The zero-order valence-corrected chi connectivity index (χ0v) is 18.6. The Bertz CT molecular complexity index is 776. The quantitative estimate of drug-likeness (QED) is 0.535. The number of ether oxygens (including phenoxy) is 2. The summed E-state index contributed by atoms with van der Waals surface area (Å²) >= 11 is 0. The molecule has 0 bridgehead atoms. The first-order valence-electron chi connectivity index (χ1n) is 11.0. The monoisotopic (exact) mass is 434 g/mol. The molecule has 1 aromatic heterocycles. The van der Waals surface area contributed by atoms with Gasteiger partial charge in [-0.15, -0.1) is 0 Å². The molecule has 1 aromatic rings. The van der Waals surface area contributed by atoms with Crippen LogP contribution in [0.25, 0.3) is 0 Å². The van der Waals surface area contributed by atoms with E-state index in [-0.39, 0.29) is 23.8 Å². The lowest BCUT2D eigenvalue weighted by atomic mass is 9.90. The van der Waals surface area contributed by atoms with Gasteiger partial charge in [-0.2, -0.15) is 0 Å². The van der Waals surface area contributed by atoms with Crippen molar-refractivity contribution in [3.05, 3.63) is 11.9 Å². The van der Waals surface area contributed by atoms with Gasteiger partial charge in [-0.1, -0.05) is 12.8 Å². The predicted molar refractivity (Wildman–Crippen MR) is 117 cm³/mol. The van der Waals surface area contributed by atoms with Crippen LogP contribution < -0.4 is 21.7 Å². The summed E-state index contributed by atoms with van der Waals surface area (Å²) in [6.07, 6.45) is 6.52. The van der Waals surface area contributed by atoms with E-state index in [9.17, 15) is 9.59 Å². The summed E-state index contributed by atoms with van der Waals surface area (Å²) in [5, 5.41) is 9.66. The molecule has 1 saturated heterocycles. The van der Waals surface area contributed by atoms with Crippen LogP contribution in [-0.4, -0.2) is 58.9 Å². The van der Waals surface area contributed by atoms with Crippen molar-refractivity contribution in [1.29, 1.82) is 0 Å². The number of alkyl carbamates (subject to hydrolysis) is 1. The first-order chi connectivity index (χ1) is 14.7. The van der Waals surface area contributed by atoms with Crippen LogP contribution >= 0.6 is 0 Å². The molecule has 0 aromatic carbocycles. The molecule has 10 nitrogen and oxygen atoms in total. The number of rotatable bonds is 6. The van der Waals surface area contributed by atoms with E-state index in [1.165, 1.54) is 6.20 Å². The Morgan fingerprint density at radius 1 is 1.10 bits per heavy atom. The maximum Gasteiger partial charge on any atom is 0.407 e. The van der Waals surface area contributed by atoms with Gasteiger partial charge in [0.15, 0.2) is 11.5 Å². The highest BCUT2D eigenvalue weighted by Crippen LogP contribution is 2.24. The number of nitrogens with one attached hydrogen (secondary N) is 3. The van der Waals surface area contributed by atoms with E-state index in [1.807, 2.05) is 20.8 Å². The highest BCUT2D eigenvalue weighted by molar-refractivity contribution is 5.95. The lowest BCUT2D eigenvalue weighted by Crippen LogP contribution is -2.50. The second-order valence-electron chi connectivity index (χ2n) is 9.14. The molecular formula is C21H34N6O4. The van der Waals surface area contributed by atoms with Gasteiger partial charge in [-0.05, 0) is 46.5 Å². The predicted octanol–water partition coefficient (Wildman–Crippen LogP) is 2.41. The minimum absolute atomic E-state index is 0.0223. The van der Waals surface area contributed by atoms with Crippen LogP contribution in [0.3, 0.4) is 0 Å². The number of carbonyl (C=O) groups is 2. The smallest absolute Gasteiger partial charge is 0.407 e. The van der Waals surface area contributed by atoms with Crippen molar-refractivity contribution >= 4 is 23.6 Å². The Balaban J connectivity index is 1.71. The van der Waals surface area contributed by atoms with Crippen molar-refractivity contribution in [2.75, 3.05) is 23.8 Å². The second kappa shape index (κ2) is 10.1. The average molecular weight is 435 g/mol. The third-order valence-corrected chi connectivity index (χ3v) is 5.37. The second-order valence-corrected chi connectivity index (χ2v) is 9.14. The van der Waals surface area contributed by atoms with Crippen LogP contribution in [0.15, 0.2) is 6.20 Å². The van der Waals surface area contributed by atoms with Gasteiger partial charge < -0.3 is 31.2 Å². The molecule has 5 N–H and O–H groups in total. The van der Waals surface area contributed by atoms with Crippen molar-refractivity contribution in [2.24, 2.45) is 5.73 Å². The van der Waals surface area contributed by atoms with E-state index in [1.54, 1.807) is 0 Å². The summed E-state index contributed by atoms with van der Waals surface area (Å²) in [6.45, 7) is 6.84. The Morgan fingerprint density at radius 2 is 1.77 bits per heavy atom. The van der Waals surface area contributed by atoms with Crippen molar-refractivity contribution in [3.63, 3.8) is 0 Å². The van der Waals surface area contributed by atoms with Crippen molar-refractivity contribution < 1.29 is 19.1 Å². The van der Waals surface area contributed by atoms with E-state index in [4.69, 9.17) is 15.2 Å². The summed E-state index contributed by atoms with van der Waals surface area (Å²) in [4.78, 5) is 32.9. The largest absolute Gasteiger partial charge is 0.444 e. The number of hydrogen-bond donors (Lipinski definition) is 4. The number of amides is 2. The fraction of sp³-hybridized carbons (Fsp3) is 0.714. The fourth-order valence-corrected chi connectivity index (χ4v) is 3.90. The van der Waals surface area contributed by atoms with Gasteiger partial charge in [-0.3, -0.25) is 4.79 Å². The minimum atomic E-state index is -0.629. The third kappa shape index (κ3) is 6.95. The van der Waals surface area contributed by atoms with Gasteiger partial charge in [0.05, 0.1) is 12.2 Å². The number of carbonyl (C=O) groups excluding carboxylic acids is 2. The number of primary amides is 1. The molecule has 1 aliphatic carbocycles. The van der Waals surface area contributed by atoms with Crippen LogP contribution in [0.5, 0.6) is 0 Å². The molecule has 31 heavy (non-hydrogen) atoms. The molecule has 2 heterocycles. The Morgan fingerprint density at radius 3 is 2.42 bits per heavy atom. The number of hydrogen-bond acceptors (Lipinski definition) is 8. The zero-order valence-electron chi connectivity index (χ0n) is 18.6. The molecule has 2 atom stereocenters. The summed E-state index contributed by atoms with van der Waals surface area (Å²) in [6, 6.07) is 0.0340. The topological polar surface area (TPSA) is 140 Å². The molecule has 0 spiro atoms. The molecule has 0 radical (unpaired) electrons. The average Bonchev–Trinajstić information content (AvgIpc) is 2.69. The van der Waals surface area contributed by atoms with E-state index in [0.717, 1.165) is 38.5 Å². The van der Waals surface area contributed by atoms with Crippen LogP contribution in [0.2, 0.25) is 0 Å². The molecular weight excluding hydrogens is 400 g/mol. The Hall–Kier alpha value is -2.62. The van der Waals surface area contributed by atoms with Gasteiger partial charge >= 0.3 is 6.09 Å². The van der Waals surface area contributed by atoms with Crippen LogP contribution in [0.1, 0.15) is 69.8 Å². The van der Waals surface area contributed by atoms with Crippen LogP contribution in [-0.2, 0) is 9.47 Å².